The molecular formula is C31H42N2O2Si. The van der Waals surface area contributed by atoms with Gasteiger partial charge in [-0.3, -0.25) is 4.79 Å². The van der Waals surface area contributed by atoms with E-state index in [1.165, 1.54) is 5.56 Å². The molecular weight excluding hydrogens is 460 g/mol. The predicted octanol–water partition coefficient (Wildman–Crippen LogP) is 6.63. The fourth-order valence-electron chi connectivity index (χ4n) is 4.09. The first-order valence-corrected chi connectivity index (χ1v) is 15.8. The van der Waals surface area contributed by atoms with Gasteiger partial charge in [-0.1, -0.05) is 112 Å². The monoisotopic (exact) mass is 502 g/mol. The maximum atomic E-state index is 13.3. The number of nitrogens with two attached hydrogens (primary N) is 1. The molecule has 0 spiro atoms. The van der Waals surface area contributed by atoms with E-state index in [2.05, 4.69) is 75.6 Å². The average molecular weight is 503 g/mol. The molecule has 3 N–H and O–H groups in total. The minimum Gasteiger partial charge on any atom is -0.412 e. The molecule has 0 aromatic heterocycles. The summed E-state index contributed by atoms with van der Waals surface area (Å²) in [6, 6.07) is 30.1. The summed E-state index contributed by atoms with van der Waals surface area (Å²) in [5.41, 5.74) is 10.0. The zero-order valence-electron chi connectivity index (χ0n) is 22.4. The highest BCUT2D eigenvalue weighted by Gasteiger charge is 2.40. The van der Waals surface area contributed by atoms with Gasteiger partial charge in [0.25, 0.3) is 0 Å². The summed E-state index contributed by atoms with van der Waals surface area (Å²) in [5.74, 6) is 0.00319. The molecule has 0 radical (unpaired) electrons. The first-order valence-electron chi connectivity index (χ1n) is 12.9. The van der Waals surface area contributed by atoms with Gasteiger partial charge in [0, 0.05) is 12.5 Å². The number of nitrogens with one attached hydrogen (secondary N) is 1. The molecule has 0 saturated carbocycles. The Kier molecular flexibility index (Phi) is 9.66. The second kappa shape index (κ2) is 12.5. The van der Waals surface area contributed by atoms with E-state index in [0.29, 0.717) is 12.8 Å². The fraction of sp³-hybridized carbons (Fsp3) is 0.387. The quantitative estimate of drug-likeness (QED) is 0.289. The summed E-state index contributed by atoms with van der Waals surface area (Å²) >= 11 is 0. The molecule has 192 valence electrons. The lowest BCUT2D eigenvalue weighted by molar-refractivity contribution is -0.122. The lowest BCUT2D eigenvalue weighted by Crippen LogP contribution is -2.50. The number of rotatable bonds is 11. The molecule has 3 aromatic rings. The molecule has 2 atom stereocenters. The summed E-state index contributed by atoms with van der Waals surface area (Å²) in [7, 11) is -2.07. The van der Waals surface area contributed by atoms with Crippen LogP contribution in [0.5, 0.6) is 0 Å². The molecule has 0 unspecified atom stereocenters. The van der Waals surface area contributed by atoms with Crippen LogP contribution in [0.2, 0.25) is 18.1 Å². The van der Waals surface area contributed by atoms with Crippen LogP contribution in [0.1, 0.15) is 56.3 Å². The van der Waals surface area contributed by atoms with Crippen LogP contribution in [-0.4, -0.2) is 26.4 Å². The summed E-state index contributed by atoms with van der Waals surface area (Å²) in [4.78, 5) is 13.3. The molecule has 0 saturated heterocycles. The third-order valence-corrected chi connectivity index (χ3v) is 11.8. The standard InChI is InChI=1S/C31H42N2O2Si/c1-31(2,3)36(4,5)35-28(27(32)23-24-15-9-6-10-16-24)21-22-29(34)33-30(25-17-11-7-12-18-25)26-19-13-8-14-20-26/h6-20,27-28,30H,21-23,32H2,1-5H3,(H,33,34)/t27-,28-/m0/s1. The Balaban J connectivity index is 1.73. The van der Waals surface area contributed by atoms with Crippen molar-refractivity contribution in [2.24, 2.45) is 5.73 Å². The van der Waals surface area contributed by atoms with Gasteiger partial charge < -0.3 is 15.5 Å². The molecule has 0 heterocycles. The Hall–Kier alpha value is -2.73. The predicted molar refractivity (Wildman–Crippen MR) is 152 cm³/mol. The molecule has 0 aliphatic rings. The van der Waals surface area contributed by atoms with Gasteiger partial charge in [-0.15, -0.1) is 0 Å². The third kappa shape index (κ3) is 7.89. The maximum Gasteiger partial charge on any atom is 0.220 e. The van der Waals surface area contributed by atoms with Crippen LogP contribution in [0.3, 0.4) is 0 Å². The first-order chi connectivity index (χ1) is 17.1. The number of hydrogen-bond acceptors (Lipinski definition) is 3. The van der Waals surface area contributed by atoms with Crippen molar-refractivity contribution in [3.63, 3.8) is 0 Å². The molecule has 0 aliphatic carbocycles. The number of hydrogen-bond donors (Lipinski definition) is 2. The molecule has 36 heavy (non-hydrogen) atoms. The van der Waals surface area contributed by atoms with E-state index in [-0.39, 0.29) is 29.1 Å². The zero-order valence-corrected chi connectivity index (χ0v) is 23.4. The van der Waals surface area contributed by atoms with Gasteiger partial charge in [-0.25, -0.2) is 0 Å². The van der Waals surface area contributed by atoms with Gasteiger partial charge >= 0.3 is 0 Å². The topological polar surface area (TPSA) is 64.3 Å². The summed E-state index contributed by atoms with van der Waals surface area (Å²) < 4.78 is 6.79. The summed E-state index contributed by atoms with van der Waals surface area (Å²) in [6.07, 6.45) is 1.47. The van der Waals surface area contributed by atoms with Crippen molar-refractivity contribution >= 4 is 14.2 Å². The van der Waals surface area contributed by atoms with Gasteiger partial charge in [0.15, 0.2) is 8.32 Å². The van der Waals surface area contributed by atoms with Crippen LogP contribution >= 0.6 is 0 Å². The van der Waals surface area contributed by atoms with Crippen molar-refractivity contribution in [2.75, 3.05) is 0 Å². The second-order valence-corrected chi connectivity index (χ2v) is 15.9. The van der Waals surface area contributed by atoms with E-state index in [4.69, 9.17) is 10.2 Å². The molecule has 0 aliphatic heterocycles. The number of benzene rings is 3. The Bertz CT molecular complexity index is 1030. The van der Waals surface area contributed by atoms with E-state index in [1.54, 1.807) is 0 Å². The normalized spacial score (nSPS) is 13.9. The second-order valence-electron chi connectivity index (χ2n) is 11.1. The molecule has 4 nitrogen and oxygen atoms in total. The van der Waals surface area contributed by atoms with Gasteiger partial charge in [-0.05, 0) is 47.7 Å². The Morgan fingerprint density at radius 1 is 0.861 bits per heavy atom. The molecule has 3 aromatic carbocycles. The smallest absolute Gasteiger partial charge is 0.220 e. The number of amides is 1. The Morgan fingerprint density at radius 2 is 1.33 bits per heavy atom. The van der Waals surface area contributed by atoms with Crippen LogP contribution in [0.15, 0.2) is 91.0 Å². The van der Waals surface area contributed by atoms with Gasteiger partial charge in [-0.2, -0.15) is 0 Å². The zero-order chi connectivity index (χ0) is 26.2. The van der Waals surface area contributed by atoms with Crippen molar-refractivity contribution in [3.8, 4) is 0 Å². The van der Waals surface area contributed by atoms with E-state index in [9.17, 15) is 4.79 Å². The minimum atomic E-state index is -2.07. The van der Waals surface area contributed by atoms with Crippen molar-refractivity contribution in [2.45, 2.75) is 76.4 Å². The number of carbonyl (C=O) groups is 1. The van der Waals surface area contributed by atoms with Crippen molar-refractivity contribution in [1.82, 2.24) is 5.32 Å². The SMILES string of the molecule is CC(C)(C)[Si](C)(C)O[C@@H](CCC(=O)NC(c1ccccc1)c1ccccc1)[C@@H](N)Cc1ccccc1. The largest absolute Gasteiger partial charge is 0.412 e. The van der Waals surface area contributed by atoms with Crippen LogP contribution < -0.4 is 11.1 Å². The lowest BCUT2D eigenvalue weighted by Gasteiger charge is -2.41. The Labute approximate surface area is 218 Å². The van der Waals surface area contributed by atoms with Crippen molar-refractivity contribution < 1.29 is 9.22 Å². The molecule has 0 bridgehead atoms. The highest BCUT2D eigenvalue weighted by Crippen LogP contribution is 2.38. The fourth-order valence-corrected chi connectivity index (χ4v) is 5.49. The van der Waals surface area contributed by atoms with Crippen molar-refractivity contribution in [3.05, 3.63) is 108 Å². The Morgan fingerprint density at radius 3 is 1.81 bits per heavy atom. The lowest BCUT2D eigenvalue weighted by atomic mass is 9.97. The van der Waals surface area contributed by atoms with Crippen LogP contribution in [0.25, 0.3) is 0 Å². The molecule has 1 amide bonds. The van der Waals surface area contributed by atoms with E-state index < -0.39 is 8.32 Å². The van der Waals surface area contributed by atoms with E-state index in [0.717, 1.165) is 17.5 Å². The average Bonchev–Trinajstić information content (AvgIpc) is 2.86. The van der Waals surface area contributed by atoms with Crippen LogP contribution in [0.4, 0.5) is 0 Å². The van der Waals surface area contributed by atoms with Gasteiger partial charge in [0.1, 0.15) is 0 Å². The highest BCUT2D eigenvalue weighted by molar-refractivity contribution is 6.74. The summed E-state index contributed by atoms with van der Waals surface area (Å²) in [6.45, 7) is 11.2. The first kappa shape index (κ1) is 27.8. The highest BCUT2D eigenvalue weighted by atomic mass is 28.4. The van der Waals surface area contributed by atoms with Gasteiger partial charge in [0.2, 0.25) is 5.91 Å². The van der Waals surface area contributed by atoms with Crippen LogP contribution in [-0.2, 0) is 15.6 Å². The third-order valence-electron chi connectivity index (χ3n) is 7.27. The van der Waals surface area contributed by atoms with Crippen LogP contribution in [0, 0.1) is 0 Å². The molecule has 3 rings (SSSR count). The molecule has 0 fully saturated rings. The van der Waals surface area contributed by atoms with Crippen molar-refractivity contribution in [1.29, 1.82) is 0 Å². The maximum absolute atomic E-state index is 13.3. The van der Waals surface area contributed by atoms with E-state index >= 15 is 0 Å². The molecule has 5 heteroatoms. The number of carbonyl (C=O) groups excluding carboxylic acids is 1. The van der Waals surface area contributed by atoms with Gasteiger partial charge in [0.05, 0.1) is 12.1 Å². The van der Waals surface area contributed by atoms with E-state index in [1.807, 2.05) is 54.6 Å². The minimum absolute atomic E-state index is 0.00319. The summed E-state index contributed by atoms with van der Waals surface area (Å²) in [5, 5.41) is 3.32.